The molecule has 0 N–H and O–H groups in total. The summed E-state index contributed by atoms with van der Waals surface area (Å²) in [5.41, 5.74) is 0.747. The first-order valence-corrected chi connectivity index (χ1v) is 5.27. The summed E-state index contributed by atoms with van der Waals surface area (Å²) in [6.07, 6.45) is 4.07. The normalized spacial score (nSPS) is 10.2. The quantitative estimate of drug-likeness (QED) is 0.694. The number of ether oxygens (including phenoxy) is 1. The first kappa shape index (κ1) is 10.4. The number of nitrogens with zero attached hydrogens (tertiary/aromatic N) is 5. The van der Waals surface area contributed by atoms with E-state index in [1.54, 1.807) is 18.3 Å². The van der Waals surface area contributed by atoms with Crippen LogP contribution in [0.4, 0.5) is 0 Å². The SMILES string of the molecule is [c]1nnn(-c2cccc(Oc3ccccn3)c2)n1. The molecule has 0 aliphatic heterocycles. The molecule has 6 heteroatoms. The highest BCUT2D eigenvalue weighted by Gasteiger charge is 2.02. The Hall–Kier alpha value is -2.76. The third kappa shape index (κ3) is 2.17. The summed E-state index contributed by atoms with van der Waals surface area (Å²) in [7, 11) is 0. The number of hydrogen-bond donors (Lipinski definition) is 0. The Labute approximate surface area is 103 Å². The number of aromatic nitrogens is 5. The molecule has 0 amide bonds. The zero-order valence-electron chi connectivity index (χ0n) is 9.26. The van der Waals surface area contributed by atoms with E-state index in [2.05, 4.69) is 26.7 Å². The average Bonchev–Trinajstić information content (AvgIpc) is 2.94. The van der Waals surface area contributed by atoms with E-state index in [9.17, 15) is 0 Å². The van der Waals surface area contributed by atoms with Gasteiger partial charge in [0.25, 0.3) is 0 Å². The minimum Gasteiger partial charge on any atom is -0.439 e. The Balaban J connectivity index is 1.88. The fraction of sp³-hybridized carbons (Fsp3) is 0. The fourth-order valence-corrected chi connectivity index (χ4v) is 1.45. The van der Waals surface area contributed by atoms with E-state index in [4.69, 9.17) is 4.74 Å². The van der Waals surface area contributed by atoms with Crippen molar-refractivity contribution in [1.82, 2.24) is 25.2 Å². The number of pyridine rings is 1. The van der Waals surface area contributed by atoms with E-state index in [1.165, 1.54) is 4.80 Å². The van der Waals surface area contributed by atoms with Gasteiger partial charge < -0.3 is 4.74 Å². The van der Waals surface area contributed by atoms with Crippen LogP contribution in [0.1, 0.15) is 0 Å². The molecule has 2 aromatic heterocycles. The van der Waals surface area contributed by atoms with Gasteiger partial charge in [-0.25, -0.2) is 4.98 Å². The van der Waals surface area contributed by atoms with Gasteiger partial charge in [-0.15, -0.1) is 15.0 Å². The summed E-state index contributed by atoms with van der Waals surface area (Å²) in [5.74, 6) is 1.19. The van der Waals surface area contributed by atoms with Gasteiger partial charge in [0.2, 0.25) is 12.2 Å². The van der Waals surface area contributed by atoms with Gasteiger partial charge in [0.15, 0.2) is 0 Å². The van der Waals surface area contributed by atoms with Crippen LogP contribution in [0.25, 0.3) is 5.69 Å². The molecule has 1 radical (unpaired) electrons. The van der Waals surface area contributed by atoms with Crippen LogP contribution in [-0.2, 0) is 0 Å². The predicted molar refractivity (Wildman–Crippen MR) is 62.3 cm³/mol. The Kier molecular flexibility index (Phi) is 2.67. The predicted octanol–water partition coefficient (Wildman–Crippen LogP) is 1.65. The highest BCUT2D eigenvalue weighted by atomic mass is 16.5. The van der Waals surface area contributed by atoms with Crippen molar-refractivity contribution >= 4 is 0 Å². The Bertz CT molecular complexity index is 624. The van der Waals surface area contributed by atoms with E-state index >= 15 is 0 Å². The van der Waals surface area contributed by atoms with Crippen LogP contribution in [0.5, 0.6) is 11.6 Å². The second-order valence-electron chi connectivity index (χ2n) is 3.45. The van der Waals surface area contributed by atoms with E-state index in [1.807, 2.05) is 30.3 Å². The van der Waals surface area contributed by atoms with Crippen LogP contribution in [0.3, 0.4) is 0 Å². The van der Waals surface area contributed by atoms with Crippen molar-refractivity contribution in [2.75, 3.05) is 0 Å². The van der Waals surface area contributed by atoms with E-state index in [0.29, 0.717) is 11.6 Å². The highest BCUT2D eigenvalue weighted by molar-refractivity contribution is 5.38. The van der Waals surface area contributed by atoms with Crippen molar-refractivity contribution in [3.05, 3.63) is 55.0 Å². The molecule has 1 aromatic carbocycles. The van der Waals surface area contributed by atoms with Crippen LogP contribution in [0.2, 0.25) is 0 Å². The molecule has 0 saturated carbocycles. The van der Waals surface area contributed by atoms with Gasteiger partial charge in [0.05, 0.1) is 5.69 Å². The number of tetrazole rings is 1. The van der Waals surface area contributed by atoms with Crippen LogP contribution in [-0.4, -0.2) is 25.2 Å². The molecular weight excluding hydrogens is 230 g/mol. The van der Waals surface area contributed by atoms with Crippen LogP contribution in [0, 0.1) is 6.33 Å². The molecule has 0 saturated heterocycles. The number of benzene rings is 1. The lowest BCUT2D eigenvalue weighted by Gasteiger charge is -2.05. The molecule has 3 aromatic rings. The van der Waals surface area contributed by atoms with Gasteiger partial charge in [0, 0.05) is 18.3 Å². The van der Waals surface area contributed by atoms with Gasteiger partial charge in [-0.05, 0) is 23.4 Å². The average molecular weight is 238 g/mol. The van der Waals surface area contributed by atoms with Crippen LogP contribution < -0.4 is 4.74 Å². The van der Waals surface area contributed by atoms with Crippen molar-refractivity contribution in [2.24, 2.45) is 0 Å². The molecule has 0 aliphatic carbocycles. The third-order valence-corrected chi connectivity index (χ3v) is 2.22. The summed E-state index contributed by atoms with van der Waals surface area (Å²) in [6.45, 7) is 0. The summed E-state index contributed by atoms with van der Waals surface area (Å²) in [6, 6.07) is 12.8. The van der Waals surface area contributed by atoms with Gasteiger partial charge in [-0.1, -0.05) is 12.1 Å². The smallest absolute Gasteiger partial charge is 0.246 e. The zero-order chi connectivity index (χ0) is 12.2. The fourth-order valence-electron chi connectivity index (χ4n) is 1.45. The van der Waals surface area contributed by atoms with Gasteiger partial charge >= 0.3 is 0 Å². The molecule has 18 heavy (non-hydrogen) atoms. The number of rotatable bonds is 3. The lowest BCUT2D eigenvalue weighted by Crippen LogP contribution is -1.99. The first-order chi connectivity index (χ1) is 8.92. The Morgan fingerprint density at radius 2 is 2.11 bits per heavy atom. The summed E-state index contributed by atoms with van der Waals surface area (Å²) in [5, 5.41) is 11.1. The zero-order valence-corrected chi connectivity index (χ0v) is 9.26. The molecule has 87 valence electrons. The van der Waals surface area contributed by atoms with Crippen molar-refractivity contribution in [3.8, 4) is 17.3 Å². The molecule has 0 aliphatic rings. The minimum atomic E-state index is 0.535. The second kappa shape index (κ2) is 4.62. The van der Waals surface area contributed by atoms with Gasteiger partial charge in [-0.3, -0.25) is 0 Å². The maximum Gasteiger partial charge on any atom is 0.246 e. The minimum absolute atomic E-state index is 0.535. The molecule has 6 nitrogen and oxygen atoms in total. The van der Waals surface area contributed by atoms with Crippen LogP contribution >= 0.6 is 0 Å². The standard InChI is InChI=1S/C12H8N5O/c1-2-7-13-12(6-1)18-11-5-3-4-10(8-11)17-15-9-14-16-17/h1-8H. The Morgan fingerprint density at radius 1 is 1.11 bits per heavy atom. The summed E-state index contributed by atoms with van der Waals surface area (Å²) < 4.78 is 5.61. The van der Waals surface area contributed by atoms with Crippen LogP contribution in [0.15, 0.2) is 48.7 Å². The van der Waals surface area contributed by atoms with Crippen molar-refractivity contribution in [3.63, 3.8) is 0 Å². The number of hydrogen-bond acceptors (Lipinski definition) is 5. The van der Waals surface area contributed by atoms with Crippen molar-refractivity contribution in [2.45, 2.75) is 0 Å². The Morgan fingerprint density at radius 3 is 2.89 bits per heavy atom. The maximum atomic E-state index is 5.61. The summed E-state index contributed by atoms with van der Waals surface area (Å²) in [4.78, 5) is 5.45. The van der Waals surface area contributed by atoms with E-state index in [-0.39, 0.29) is 0 Å². The lowest BCUT2D eigenvalue weighted by atomic mass is 10.3. The monoisotopic (exact) mass is 238 g/mol. The second-order valence-corrected chi connectivity index (χ2v) is 3.45. The topological polar surface area (TPSA) is 65.7 Å². The molecular formula is C12H8N5O. The molecule has 0 spiro atoms. The molecule has 0 fully saturated rings. The van der Waals surface area contributed by atoms with Gasteiger partial charge in [-0.2, -0.15) is 0 Å². The molecule has 0 bridgehead atoms. The summed E-state index contributed by atoms with van der Waals surface area (Å²) >= 11 is 0. The largest absolute Gasteiger partial charge is 0.439 e. The third-order valence-electron chi connectivity index (χ3n) is 2.22. The van der Waals surface area contributed by atoms with Crippen molar-refractivity contribution < 1.29 is 4.74 Å². The van der Waals surface area contributed by atoms with Gasteiger partial charge in [0.1, 0.15) is 5.75 Å². The first-order valence-electron chi connectivity index (χ1n) is 5.27. The highest BCUT2D eigenvalue weighted by Crippen LogP contribution is 2.20. The van der Waals surface area contributed by atoms with E-state index < -0.39 is 0 Å². The maximum absolute atomic E-state index is 5.61. The molecule has 0 atom stereocenters. The molecule has 0 unspecified atom stereocenters. The molecule has 2 heterocycles. The lowest BCUT2D eigenvalue weighted by molar-refractivity contribution is 0.462. The van der Waals surface area contributed by atoms with Crippen molar-refractivity contribution in [1.29, 1.82) is 0 Å². The molecule has 3 rings (SSSR count). The van der Waals surface area contributed by atoms with E-state index in [0.717, 1.165) is 5.69 Å².